The summed E-state index contributed by atoms with van der Waals surface area (Å²) in [5.41, 5.74) is 0. The van der Waals surface area contributed by atoms with Crippen molar-refractivity contribution in [2.24, 2.45) is 0 Å². The highest BCUT2D eigenvalue weighted by Crippen LogP contribution is 2.11. The average molecular weight is 147 g/mol. The predicted molar refractivity (Wildman–Crippen MR) is 37.6 cm³/mol. The molecule has 10 heavy (non-hydrogen) atoms. The van der Waals surface area contributed by atoms with Crippen molar-refractivity contribution in [1.82, 2.24) is 4.90 Å². The normalized spacial score (nSPS) is 23.4. The number of rotatable bonds is 2. The van der Waals surface area contributed by atoms with E-state index >= 15 is 0 Å². The van der Waals surface area contributed by atoms with Crippen LogP contribution in [0, 0.1) is 0 Å². The molecule has 2 nitrogen and oxygen atoms in total. The van der Waals surface area contributed by atoms with E-state index in [-0.39, 0.29) is 6.10 Å². The number of hydrogen-bond acceptors (Lipinski definition) is 2. The Hall–Kier alpha value is -0.150. The molecule has 1 saturated heterocycles. The van der Waals surface area contributed by atoms with Crippen LogP contribution in [0.1, 0.15) is 12.8 Å². The first kappa shape index (κ1) is 7.95. The molecule has 0 amide bonds. The van der Waals surface area contributed by atoms with E-state index in [4.69, 9.17) is 4.74 Å². The summed E-state index contributed by atoms with van der Waals surface area (Å²) in [5.74, 6) is 0. The molecule has 0 bridgehead atoms. The van der Waals surface area contributed by atoms with Gasteiger partial charge >= 0.3 is 0 Å². The lowest BCUT2D eigenvalue weighted by molar-refractivity contribution is -0.0316. The van der Waals surface area contributed by atoms with Gasteiger partial charge in [0.1, 0.15) is 0 Å². The number of ether oxygens (including phenoxy) is 1. The molecule has 1 aliphatic heterocycles. The molecule has 0 atom stereocenters. The maximum Gasteiger partial charge on any atom is 0.188 e. The Morgan fingerprint density at radius 2 is 2.10 bits per heavy atom. The zero-order chi connectivity index (χ0) is 7.40. The summed E-state index contributed by atoms with van der Waals surface area (Å²) in [7, 11) is 2.08. The summed E-state index contributed by atoms with van der Waals surface area (Å²) in [6.45, 7) is 1.43. The second-order valence-electron chi connectivity index (χ2n) is 2.78. The van der Waals surface area contributed by atoms with Crippen LogP contribution < -0.4 is 0 Å². The van der Waals surface area contributed by atoms with E-state index in [1.165, 1.54) is 0 Å². The summed E-state index contributed by atoms with van der Waals surface area (Å²) in [6, 6.07) is 0. The van der Waals surface area contributed by atoms with Crippen molar-refractivity contribution < 1.29 is 9.13 Å². The third-order valence-electron chi connectivity index (χ3n) is 1.96. The quantitative estimate of drug-likeness (QED) is 0.578. The van der Waals surface area contributed by atoms with Crippen LogP contribution in [-0.4, -0.2) is 38.0 Å². The van der Waals surface area contributed by atoms with Crippen molar-refractivity contribution >= 4 is 0 Å². The Bertz CT molecular complexity index is 91.6. The van der Waals surface area contributed by atoms with Crippen LogP contribution in [0.3, 0.4) is 0 Å². The monoisotopic (exact) mass is 147 g/mol. The van der Waals surface area contributed by atoms with Gasteiger partial charge in [-0.2, -0.15) is 0 Å². The molecule has 0 aromatic heterocycles. The molecule has 60 valence electrons. The van der Waals surface area contributed by atoms with Crippen molar-refractivity contribution in [1.29, 1.82) is 0 Å². The van der Waals surface area contributed by atoms with Gasteiger partial charge in [-0.15, -0.1) is 0 Å². The van der Waals surface area contributed by atoms with Gasteiger partial charge in [-0.05, 0) is 19.9 Å². The van der Waals surface area contributed by atoms with Gasteiger partial charge in [-0.25, -0.2) is 4.39 Å². The zero-order valence-electron chi connectivity index (χ0n) is 6.35. The smallest absolute Gasteiger partial charge is 0.188 e. The predicted octanol–water partition coefficient (Wildman–Crippen LogP) is 1.02. The lowest BCUT2D eigenvalue weighted by Crippen LogP contribution is -2.34. The van der Waals surface area contributed by atoms with E-state index in [0.717, 1.165) is 25.9 Å². The molecule has 0 aromatic carbocycles. The fourth-order valence-corrected chi connectivity index (χ4v) is 1.24. The van der Waals surface area contributed by atoms with E-state index < -0.39 is 6.86 Å². The SMILES string of the molecule is CN1CCC(OCF)CC1. The topological polar surface area (TPSA) is 12.5 Å². The van der Waals surface area contributed by atoms with Gasteiger partial charge in [0.05, 0.1) is 6.10 Å². The molecule has 3 heteroatoms. The molecule has 1 rings (SSSR count). The van der Waals surface area contributed by atoms with Crippen LogP contribution in [-0.2, 0) is 4.74 Å². The van der Waals surface area contributed by atoms with Crippen molar-refractivity contribution in [3.8, 4) is 0 Å². The summed E-state index contributed by atoms with van der Waals surface area (Å²) in [5, 5.41) is 0. The maximum absolute atomic E-state index is 11.6. The molecule has 0 aromatic rings. The maximum atomic E-state index is 11.6. The van der Waals surface area contributed by atoms with Crippen molar-refractivity contribution in [3.63, 3.8) is 0 Å². The molecule has 0 unspecified atom stereocenters. The Kier molecular flexibility index (Phi) is 3.09. The Labute approximate surface area is 61.0 Å². The minimum absolute atomic E-state index is 0.168. The number of halogens is 1. The molecule has 1 heterocycles. The molecule has 0 saturated carbocycles. The Morgan fingerprint density at radius 1 is 1.50 bits per heavy atom. The first-order chi connectivity index (χ1) is 4.83. The van der Waals surface area contributed by atoms with Gasteiger partial charge in [-0.1, -0.05) is 0 Å². The van der Waals surface area contributed by atoms with Crippen LogP contribution in [0.2, 0.25) is 0 Å². The highest BCUT2D eigenvalue weighted by Gasteiger charge is 2.16. The van der Waals surface area contributed by atoms with Crippen molar-refractivity contribution in [2.75, 3.05) is 27.0 Å². The van der Waals surface area contributed by atoms with E-state index in [9.17, 15) is 4.39 Å². The first-order valence-corrected chi connectivity index (χ1v) is 3.69. The molecule has 1 aliphatic rings. The molecular weight excluding hydrogens is 133 g/mol. The fourth-order valence-electron chi connectivity index (χ4n) is 1.24. The minimum atomic E-state index is -0.631. The molecule has 1 fully saturated rings. The summed E-state index contributed by atoms with van der Waals surface area (Å²) >= 11 is 0. The van der Waals surface area contributed by atoms with Crippen LogP contribution in [0.15, 0.2) is 0 Å². The standard InChI is InChI=1S/C7H14FNO/c1-9-4-2-7(3-5-9)10-6-8/h7H,2-6H2,1H3. The van der Waals surface area contributed by atoms with Gasteiger partial charge in [-0.3, -0.25) is 0 Å². The number of alkyl halides is 1. The third kappa shape index (κ3) is 2.23. The van der Waals surface area contributed by atoms with Gasteiger partial charge in [0.15, 0.2) is 6.86 Å². The summed E-state index contributed by atoms with van der Waals surface area (Å²) in [4.78, 5) is 2.23. The molecule has 0 spiro atoms. The highest BCUT2D eigenvalue weighted by molar-refractivity contribution is 4.68. The van der Waals surface area contributed by atoms with Gasteiger partial charge < -0.3 is 9.64 Å². The zero-order valence-corrected chi connectivity index (χ0v) is 6.35. The van der Waals surface area contributed by atoms with Crippen LogP contribution in [0.25, 0.3) is 0 Å². The Balaban J connectivity index is 2.13. The van der Waals surface area contributed by atoms with Crippen LogP contribution >= 0.6 is 0 Å². The van der Waals surface area contributed by atoms with Crippen LogP contribution in [0.4, 0.5) is 4.39 Å². The van der Waals surface area contributed by atoms with Gasteiger partial charge in [0.25, 0.3) is 0 Å². The minimum Gasteiger partial charge on any atom is -0.347 e. The molecule has 0 N–H and O–H groups in total. The highest BCUT2D eigenvalue weighted by atomic mass is 19.1. The van der Waals surface area contributed by atoms with E-state index in [2.05, 4.69) is 11.9 Å². The third-order valence-corrected chi connectivity index (χ3v) is 1.96. The average Bonchev–Trinajstić information content (AvgIpc) is 1.95. The van der Waals surface area contributed by atoms with Gasteiger partial charge in [0, 0.05) is 13.1 Å². The van der Waals surface area contributed by atoms with E-state index in [1.54, 1.807) is 0 Å². The van der Waals surface area contributed by atoms with Gasteiger partial charge in [0.2, 0.25) is 0 Å². The van der Waals surface area contributed by atoms with E-state index in [1.807, 2.05) is 0 Å². The second kappa shape index (κ2) is 3.88. The fraction of sp³-hybridized carbons (Fsp3) is 1.00. The van der Waals surface area contributed by atoms with Crippen LogP contribution in [0.5, 0.6) is 0 Å². The molecular formula is C7H14FNO. The summed E-state index contributed by atoms with van der Waals surface area (Å²) in [6.07, 6.45) is 2.11. The first-order valence-electron chi connectivity index (χ1n) is 3.69. The molecule has 0 aliphatic carbocycles. The second-order valence-corrected chi connectivity index (χ2v) is 2.78. The largest absolute Gasteiger partial charge is 0.347 e. The number of piperidine rings is 1. The number of hydrogen-bond donors (Lipinski definition) is 0. The van der Waals surface area contributed by atoms with E-state index in [0.29, 0.717) is 0 Å². The number of likely N-dealkylation sites (tertiary alicyclic amines) is 1. The van der Waals surface area contributed by atoms with Crippen molar-refractivity contribution in [2.45, 2.75) is 18.9 Å². The lowest BCUT2D eigenvalue weighted by Gasteiger charge is -2.27. The summed E-state index contributed by atoms with van der Waals surface area (Å²) < 4.78 is 16.5. The molecule has 0 radical (unpaired) electrons. The number of nitrogens with zero attached hydrogens (tertiary/aromatic N) is 1. The van der Waals surface area contributed by atoms with Crippen molar-refractivity contribution in [3.05, 3.63) is 0 Å². The Morgan fingerprint density at radius 3 is 2.60 bits per heavy atom. The lowest BCUT2D eigenvalue weighted by atomic mass is 10.1.